The van der Waals surface area contributed by atoms with Gasteiger partial charge in [-0.15, -0.1) is 0 Å². The van der Waals surface area contributed by atoms with Crippen LogP contribution in [-0.4, -0.2) is 27.0 Å². The number of rotatable bonds is 3. The monoisotopic (exact) mass is 320 g/mol. The van der Waals surface area contributed by atoms with Crippen molar-refractivity contribution >= 4 is 34.4 Å². The van der Waals surface area contributed by atoms with Gasteiger partial charge in [0.15, 0.2) is 5.16 Å². The van der Waals surface area contributed by atoms with Gasteiger partial charge in [0, 0.05) is 11.6 Å². The van der Waals surface area contributed by atoms with Crippen LogP contribution in [0.4, 0.5) is 0 Å². The Bertz CT molecular complexity index is 818. The summed E-state index contributed by atoms with van der Waals surface area (Å²) >= 11 is 7.53. The highest BCUT2D eigenvalue weighted by Crippen LogP contribution is 2.31. The topological polar surface area (TPSA) is 63.7 Å². The van der Waals surface area contributed by atoms with Crippen molar-refractivity contribution in [3.63, 3.8) is 0 Å². The van der Waals surface area contributed by atoms with E-state index in [1.165, 1.54) is 11.8 Å². The van der Waals surface area contributed by atoms with Crippen LogP contribution in [0.15, 0.2) is 28.4 Å². The Morgan fingerprint density at radius 2 is 2.00 bits per heavy atom. The fraction of sp³-hybridized carbons (Fsp3) is 0.214. The number of hydrogen-bond acceptors (Lipinski definition) is 5. The van der Waals surface area contributed by atoms with Crippen LogP contribution in [0.1, 0.15) is 11.4 Å². The largest absolute Gasteiger partial charge is 0.497 e. The van der Waals surface area contributed by atoms with E-state index in [9.17, 15) is 0 Å². The third-order valence-electron chi connectivity index (χ3n) is 3.01. The van der Waals surface area contributed by atoms with Crippen LogP contribution < -0.4 is 4.74 Å². The molecule has 2 aromatic heterocycles. The lowest BCUT2D eigenvalue weighted by molar-refractivity contribution is 0.415. The molecule has 0 radical (unpaired) electrons. The first-order valence-corrected chi connectivity index (χ1v) is 7.48. The summed E-state index contributed by atoms with van der Waals surface area (Å²) in [5, 5.41) is 2.04. The van der Waals surface area contributed by atoms with Gasteiger partial charge in [-0.1, -0.05) is 11.6 Å². The van der Waals surface area contributed by atoms with Gasteiger partial charge in [0.05, 0.1) is 18.1 Å². The predicted molar refractivity (Wildman–Crippen MR) is 83.3 cm³/mol. The van der Waals surface area contributed by atoms with Gasteiger partial charge < -0.3 is 9.72 Å². The van der Waals surface area contributed by atoms with Gasteiger partial charge >= 0.3 is 0 Å². The molecule has 0 unspecified atom stereocenters. The fourth-order valence-electron chi connectivity index (χ4n) is 1.90. The molecule has 0 saturated carbocycles. The number of ether oxygens (including phenoxy) is 1. The number of benzene rings is 1. The number of aromatic nitrogens is 4. The summed E-state index contributed by atoms with van der Waals surface area (Å²) in [4.78, 5) is 16.3. The van der Waals surface area contributed by atoms with Crippen molar-refractivity contribution in [1.29, 1.82) is 0 Å². The van der Waals surface area contributed by atoms with Crippen LogP contribution in [-0.2, 0) is 0 Å². The molecule has 0 atom stereocenters. The molecule has 0 amide bonds. The second kappa shape index (κ2) is 5.54. The number of hydrogen-bond donors (Lipinski definition) is 1. The lowest BCUT2D eigenvalue weighted by Crippen LogP contribution is -1.95. The minimum Gasteiger partial charge on any atom is -0.497 e. The van der Waals surface area contributed by atoms with Gasteiger partial charge in [-0.05, 0) is 37.7 Å². The molecule has 0 saturated heterocycles. The van der Waals surface area contributed by atoms with Crippen LogP contribution in [0, 0.1) is 13.8 Å². The zero-order valence-corrected chi connectivity index (χ0v) is 13.3. The summed E-state index contributed by atoms with van der Waals surface area (Å²) in [5.41, 5.74) is 2.66. The fourth-order valence-corrected chi connectivity index (χ4v) is 3.09. The van der Waals surface area contributed by atoms with Gasteiger partial charge in [-0.3, -0.25) is 0 Å². The highest BCUT2D eigenvalue weighted by Gasteiger charge is 2.12. The van der Waals surface area contributed by atoms with E-state index >= 15 is 0 Å². The van der Waals surface area contributed by atoms with E-state index < -0.39 is 0 Å². The minimum atomic E-state index is 0.475. The van der Waals surface area contributed by atoms with E-state index in [1.54, 1.807) is 7.11 Å². The number of H-pyrrole nitrogens is 1. The molecule has 0 aliphatic rings. The number of imidazole rings is 1. The molecule has 0 aliphatic carbocycles. The molecule has 21 heavy (non-hydrogen) atoms. The summed E-state index contributed by atoms with van der Waals surface area (Å²) in [6.07, 6.45) is 0. The quantitative estimate of drug-likeness (QED) is 0.744. The third kappa shape index (κ3) is 2.82. The van der Waals surface area contributed by atoms with Gasteiger partial charge in [-0.25, -0.2) is 15.0 Å². The van der Waals surface area contributed by atoms with Crippen molar-refractivity contribution < 1.29 is 4.74 Å². The summed E-state index contributed by atoms with van der Waals surface area (Å²) in [7, 11) is 1.64. The number of nitrogens with zero attached hydrogens (tertiary/aromatic N) is 3. The normalized spacial score (nSPS) is 11.0. The van der Waals surface area contributed by atoms with E-state index in [4.69, 9.17) is 16.3 Å². The number of nitrogens with one attached hydrogen (secondary N) is 1. The highest BCUT2D eigenvalue weighted by molar-refractivity contribution is 7.99. The average molecular weight is 321 g/mol. The smallest absolute Gasteiger partial charge is 0.172 e. The van der Waals surface area contributed by atoms with Crippen molar-refractivity contribution in [2.75, 3.05) is 7.11 Å². The van der Waals surface area contributed by atoms with Crippen molar-refractivity contribution in [2.45, 2.75) is 24.0 Å². The van der Waals surface area contributed by atoms with E-state index in [2.05, 4.69) is 19.9 Å². The lowest BCUT2D eigenvalue weighted by Gasteiger charge is -2.04. The molecular formula is C14H13ClN4OS. The Labute approximate surface area is 131 Å². The zero-order chi connectivity index (χ0) is 15.0. The van der Waals surface area contributed by atoms with Crippen molar-refractivity contribution in [1.82, 2.24) is 19.9 Å². The molecule has 108 valence electrons. The van der Waals surface area contributed by atoms with Gasteiger partial charge in [0.1, 0.15) is 21.8 Å². The summed E-state index contributed by atoms with van der Waals surface area (Å²) < 4.78 is 5.21. The molecule has 5 nitrogen and oxygen atoms in total. The molecule has 1 aromatic carbocycles. The SMILES string of the molecule is COc1ccc2nc(Sc3nc(C)nc(Cl)c3C)[nH]c2c1. The highest BCUT2D eigenvalue weighted by atomic mass is 35.5. The molecule has 3 aromatic rings. The molecule has 0 bridgehead atoms. The van der Waals surface area contributed by atoms with E-state index in [0.29, 0.717) is 11.0 Å². The van der Waals surface area contributed by atoms with Crippen LogP contribution in [0.5, 0.6) is 5.75 Å². The van der Waals surface area contributed by atoms with E-state index in [0.717, 1.165) is 32.5 Å². The first-order chi connectivity index (χ1) is 10.1. The average Bonchev–Trinajstić information content (AvgIpc) is 2.85. The number of aryl methyl sites for hydroxylation is 1. The summed E-state index contributed by atoms with van der Waals surface area (Å²) in [5.74, 6) is 1.44. The molecule has 0 spiro atoms. The molecule has 1 N–H and O–H groups in total. The van der Waals surface area contributed by atoms with E-state index in [-0.39, 0.29) is 0 Å². The van der Waals surface area contributed by atoms with Crippen molar-refractivity contribution in [3.8, 4) is 5.75 Å². The Kier molecular flexibility index (Phi) is 3.73. The molecule has 7 heteroatoms. The third-order valence-corrected chi connectivity index (χ3v) is 4.36. The van der Waals surface area contributed by atoms with Gasteiger partial charge in [0.2, 0.25) is 0 Å². The summed E-state index contributed by atoms with van der Waals surface area (Å²) in [6, 6.07) is 5.71. The Morgan fingerprint density at radius 3 is 2.76 bits per heavy atom. The first-order valence-electron chi connectivity index (χ1n) is 6.29. The molecule has 3 rings (SSSR count). The molecule has 0 aliphatic heterocycles. The minimum absolute atomic E-state index is 0.475. The van der Waals surface area contributed by atoms with Crippen molar-refractivity contribution in [2.24, 2.45) is 0 Å². The number of aromatic amines is 1. The molecule has 2 heterocycles. The predicted octanol–water partition coefficient (Wildman–Crippen LogP) is 3.78. The van der Waals surface area contributed by atoms with Crippen LogP contribution in [0.3, 0.4) is 0 Å². The second-order valence-electron chi connectivity index (χ2n) is 4.52. The number of fused-ring (bicyclic) bond motifs is 1. The second-order valence-corrected chi connectivity index (χ2v) is 5.85. The Hall–Kier alpha value is -1.79. The number of methoxy groups -OCH3 is 1. The Morgan fingerprint density at radius 1 is 1.19 bits per heavy atom. The van der Waals surface area contributed by atoms with Gasteiger partial charge in [-0.2, -0.15) is 0 Å². The summed E-state index contributed by atoms with van der Waals surface area (Å²) in [6.45, 7) is 3.72. The van der Waals surface area contributed by atoms with Crippen LogP contribution in [0.25, 0.3) is 11.0 Å². The maximum Gasteiger partial charge on any atom is 0.172 e. The van der Waals surface area contributed by atoms with Crippen LogP contribution >= 0.6 is 23.4 Å². The zero-order valence-electron chi connectivity index (χ0n) is 11.8. The molecule has 0 fully saturated rings. The van der Waals surface area contributed by atoms with E-state index in [1.807, 2.05) is 32.0 Å². The van der Waals surface area contributed by atoms with Crippen molar-refractivity contribution in [3.05, 3.63) is 34.7 Å². The lowest BCUT2D eigenvalue weighted by atomic mass is 10.3. The maximum atomic E-state index is 6.09. The van der Waals surface area contributed by atoms with Crippen LogP contribution in [0.2, 0.25) is 5.15 Å². The van der Waals surface area contributed by atoms with Gasteiger partial charge in [0.25, 0.3) is 0 Å². The first kappa shape index (κ1) is 14.2. The number of halogens is 1. The molecular weight excluding hydrogens is 308 g/mol. The maximum absolute atomic E-state index is 6.09. The standard InChI is InChI=1S/C14H13ClN4OS/c1-7-12(15)16-8(2)17-13(7)21-14-18-10-5-4-9(20-3)6-11(10)19-14/h4-6H,1-3H3,(H,18,19). The Balaban J connectivity index is 1.98.